The van der Waals surface area contributed by atoms with Crippen molar-refractivity contribution >= 4 is 22.3 Å². The summed E-state index contributed by atoms with van der Waals surface area (Å²) in [6.07, 6.45) is -0.259. The van der Waals surface area contributed by atoms with Crippen LogP contribution in [0.15, 0.2) is 30.3 Å². The highest BCUT2D eigenvalue weighted by molar-refractivity contribution is 6.48. The van der Waals surface area contributed by atoms with E-state index in [1.165, 1.54) is 0 Å². The Kier molecular flexibility index (Phi) is 2.57. The van der Waals surface area contributed by atoms with Crippen molar-refractivity contribution < 1.29 is 14.3 Å². The number of hydrogen-bond donors (Lipinski definition) is 0. The van der Waals surface area contributed by atoms with E-state index in [0.29, 0.717) is 12.2 Å². The number of fused-ring (bicyclic) bond motifs is 5. The number of carbonyl (C=O) groups is 2. The summed E-state index contributed by atoms with van der Waals surface area (Å²) < 4.78 is 5.82. The lowest BCUT2D eigenvalue weighted by molar-refractivity contribution is -0.121. The van der Waals surface area contributed by atoms with Crippen LogP contribution in [0.3, 0.4) is 0 Å². The van der Waals surface area contributed by atoms with E-state index in [9.17, 15) is 9.59 Å². The summed E-state index contributed by atoms with van der Waals surface area (Å²) in [5, 5.41) is 1.90. The highest BCUT2D eigenvalue weighted by Crippen LogP contribution is 2.45. The van der Waals surface area contributed by atoms with Gasteiger partial charge >= 0.3 is 0 Å². The van der Waals surface area contributed by atoms with E-state index in [4.69, 9.17) is 4.74 Å². The molecule has 0 spiro atoms. The van der Waals surface area contributed by atoms with Gasteiger partial charge in [0.1, 0.15) is 0 Å². The third-order valence-electron chi connectivity index (χ3n) is 4.85. The van der Waals surface area contributed by atoms with E-state index < -0.39 is 0 Å². The second kappa shape index (κ2) is 4.25. The van der Waals surface area contributed by atoms with Crippen molar-refractivity contribution in [2.45, 2.75) is 20.0 Å². The molecule has 2 unspecified atom stereocenters. The number of benzene rings is 2. The molecule has 0 aromatic heterocycles. The maximum atomic E-state index is 12.6. The lowest BCUT2D eigenvalue weighted by atomic mass is 9.74. The topological polar surface area (TPSA) is 43.4 Å². The van der Waals surface area contributed by atoms with Gasteiger partial charge in [-0.25, -0.2) is 0 Å². The Morgan fingerprint density at radius 1 is 1.10 bits per heavy atom. The Balaban J connectivity index is 2.05. The van der Waals surface area contributed by atoms with Crippen LogP contribution >= 0.6 is 0 Å². The van der Waals surface area contributed by atoms with Gasteiger partial charge in [-0.2, -0.15) is 0 Å². The molecule has 0 radical (unpaired) electrons. The zero-order valence-electron chi connectivity index (χ0n) is 12.1. The molecule has 2 aromatic carbocycles. The number of Topliss-reactive ketones (excluding diaryl/α,β-unsaturated/α-hetero) is 2. The fourth-order valence-electron chi connectivity index (χ4n) is 3.74. The number of rotatable bonds is 0. The van der Waals surface area contributed by atoms with Crippen LogP contribution < -0.4 is 0 Å². The van der Waals surface area contributed by atoms with Gasteiger partial charge in [0.05, 0.1) is 18.6 Å². The second-order valence-electron chi connectivity index (χ2n) is 6.15. The molecule has 0 saturated carbocycles. The smallest absolute Gasteiger partial charge is 0.229 e. The molecule has 3 nitrogen and oxygen atoms in total. The molecule has 0 bridgehead atoms. The first-order chi connectivity index (χ1) is 10.1. The first-order valence-electron chi connectivity index (χ1n) is 7.32. The fraction of sp³-hybridized carbons (Fsp3) is 0.333. The molecule has 3 atom stereocenters. The summed E-state index contributed by atoms with van der Waals surface area (Å²) in [5.74, 6) is -0.841. The zero-order valence-corrected chi connectivity index (χ0v) is 12.1. The third kappa shape index (κ3) is 1.58. The van der Waals surface area contributed by atoms with Crippen molar-refractivity contribution in [3.8, 4) is 0 Å². The summed E-state index contributed by atoms with van der Waals surface area (Å²) in [4.78, 5) is 25.1. The van der Waals surface area contributed by atoms with E-state index >= 15 is 0 Å². The SMILES string of the molecule is Cc1cccc2c3c(ccc12)C1OC[C@H](C)C1C(=O)C3=O. The van der Waals surface area contributed by atoms with Crippen LogP contribution in [0.1, 0.15) is 34.5 Å². The Bertz CT molecular complexity index is 790. The molecule has 2 aliphatic rings. The largest absolute Gasteiger partial charge is 0.372 e. The average Bonchev–Trinajstić information content (AvgIpc) is 2.86. The number of ether oxygens (including phenoxy) is 1. The van der Waals surface area contributed by atoms with E-state index in [-0.39, 0.29) is 29.5 Å². The van der Waals surface area contributed by atoms with Crippen LogP contribution in [0.5, 0.6) is 0 Å². The maximum Gasteiger partial charge on any atom is 0.229 e. The normalized spacial score (nSPS) is 27.8. The molecule has 1 heterocycles. The predicted octanol–water partition coefficient (Wildman–Crippen LogP) is 3.24. The molecule has 1 aliphatic carbocycles. The van der Waals surface area contributed by atoms with Crippen molar-refractivity contribution in [1.82, 2.24) is 0 Å². The highest BCUT2D eigenvalue weighted by Gasteiger charge is 2.48. The minimum Gasteiger partial charge on any atom is -0.372 e. The van der Waals surface area contributed by atoms with Crippen molar-refractivity contribution in [2.75, 3.05) is 6.61 Å². The molecule has 0 N–H and O–H groups in total. The third-order valence-corrected chi connectivity index (χ3v) is 4.85. The monoisotopic (exact) mass is 280 g/mol. The van der Waals surface area contributed by atoms with Gasteiger partial charge in [-0.3, -0.25) is 9.59 Å². The first-order valence-corrected chi connectivity index (χ1v) is 7.32. The predicted molar refractivity (Wildman–Crippen MR) is 79.4 cm³/mol. The Morgan fingerprint density at radius 3 is 2.71 bits per heavy atom. The lowest BCUT2D eigenvalue weighted by Gasteiger charge is -2.27. The van der Waals surface area contributed by atoms with Crippen molar-refractivity contribution in [3.05, 3.63) is 47.0 Å². The number of aryl methyl sites for hydroxylation is 1. The Hall–Kier alpha value is -2.00. The lowest BCUT2D eigenvalue weighted by Crippen LogP contribution is -2.35. The molecule has 4 rings (SSSR count). The molecule has 2 aromatic rings. The molecule has 106 valence electrons. The average molecular weight is 280 g/mol. The molecule has 1 aliphatic heterocycles. The Labute approximate surface area is 122 Å². The zero-order chi connectivity index (χ0) is 14.7. The quantitative estimate of drug-likeness (QED) is 0.696. The van der Waals surface area contributed by atoms with Crippen LogP contribution in [-0.4, -0.2) is 18.2 Å². The first kappa shape index (κ1) is 12.7. The fourth-order valence-corrected chi connectivity index (χ4v) is 3.74. The molecular formula is C18H16O3. The number of hydrogen-bond acceptors (Lipinski definition) is 3. The van der Waals surface area contributed by atoms with E-state index in [0.717, 1.165) is 21.9 Å². The summed E-state index contributed by atoms with van der Waals surface area (Å²) in [5.41, 5.74) is 2.54. The minimum atomic E-state index is -0.347. The summed E-state index contributed by atoms with van der Waals surface area (Å²) in [6.45, 7) is 4.53. The van der Waals surface area contributed by atoms with Crippen LogP contribution in [0.4, 0.5) is 0 Å². The molecular weight excluding hydrogens is 264 g/mol. The molecule has 21 heavy (non-hydrogen) atoms. The van der Waals surface area contributed by atoms with Gasteiger partial charge in [0.2, 0.25) is 11.6 Å². The molecule has 1 fully saturated rings. The minimum absolute atomic E-state index is 0.104. The summed E-state index contributed by atoms with van der Waals surface area (Å²) in [6, 6.07) is 9.87. The van der Waals surface area contributed by atoms with E-state index in [1.807, 2.05) is 44.2 Å². The molecule has 0 amide bonds. The van der Waals surface area contributed by atoms with Gasteiger partial charge in [-0.05, 0) is 34.7 Å². The number of ketones is 2. The van der Waals surface area contributed by atoms with Gasteiger partial charge < -0.3 is 4.74 Å². The standard InChI is InChI=1S/C18H16O3/c1-9-4-3-5-12-11(9)6-7-13-15(12)17(20)16(19)14-10(2)8-21-18(13)14/h3-7,10,14,18H,8H2,1-2H3/t10-,14?,18?/m0/s1. The summed E-state index contributed by atoms with van der Waals surface area (Å²) >= 11 is 0. The molecule has 3 heteroatoms. The van der Waals surface area contributed by atoms with Crippen LogP contribution in [0, 0.1) is 18.8 Å². The van der Waals surface area contributed by atoms with Gasteiger partial charge in [-0.15, -0.1) is 0 Å². The van der Waals surface area contributed by atoms with Gasteiger partial charge in [0.25, 0.3) is 0 Å². The van der Waals surface area contributed by atoms with E-state index in [1.54, 1.807) is 0 Å². The summed E-state index contributed by atoms with van der Waals surface area (Å²) in [7, 11) is 0. The van der Waals surface area contributed by atoms with Crippen molar-refractivity contribution in [2.24, 2.45) is 11.8 Å². The Morgan fingerprint density at radius 2 is 1.90 bits per heavy atom. The van der Waals surface area contributed by atoms with Crippen molar-refractivity contribution in [1.29, 1.82) is 0 Å². The maximum absolute atomic E-state index is 12.6. The highest BCUT2D eigenvalue weighted by atomic mass is 16.5. The number of carbonyl (C=O) groups excluding carboxylic acids is 2. The van der Waals surface area contributed by atoms with Crippen LogP contribution in [0.2, 0.25) is 0 Å². The van der Waals surface area contributed by atoms with Gasteiger partial charge in [0, 0.05) is 5.56 Å². The van der Waals surface area contributed by atoms with Crippen LogP contribution in [-0.2, 0) is 9.53 Å². The van der Waals surface area contributed by atoms with Crippen LogP contribution in [0.25, 0.3) is 10.8 Å². The second-order valence-corrected chi connectivity index (χ2v) is 6.15. The van der Waals surface area contributed by atoms with Crippen molar-refractivity contribution in [3.63, 3.8) is 0 Å². The van der Waals surface area contributed by atoms with E-state index in [2.05, 4.69) is 0 Å². The molecule has 1 saturated heterocycles. The van der Waals surface area contributed by atoms with Gasteiger partial charge in [0.15, 0.2) is 0 Å². The van der Waals surface area contributed by atoms with Gasteiger partial charge in [-0.1, -0.05) is 37.3 Å².